The summed E-state index contributed by atoms with van der Waals surface area (Å²) in [7, 11) is 0. The van der Waals surface area contributed by atoms with Gasteiger partial charge in [-0.15, -0.1) is 0 Å². The van der Waals surface area contributed by atoms with Crippen LogP contribution in [-0.4, -0.2) is 45.5 Å². The van der Waals surface area contributed by atoms with Crippen molar-refractivity contribution in [3.63, 3.8) is 0 Å². The summed E-state index contributed by atoms with van der Waals surface area (Å²) >= 11 is 0. The number of aromatic nitrogens is 2. The fraction of sp³-hybridized carbons (Fsp3) is 0.545. The lowest BCUT2D eigenvalue weighted by Gasteiger charge is -2.25. The van der Waals surface area contributed by atoms with Crippen LogP contribution in [-0.2, 0) is 19.4 Å². The molecule has 1 aliphatic rings. The summed E-state index contributed by atoms with van der Waals surface area (Å²) in [5.74, 6) is 0.279. The van der Waals surface area contributed by atoms with E-state index in [0.717, 1.165) is 35.5 Å². The molecule has 1 saturated heterocycles. The van der Waals surface area contributed by atoms with Crippen molar-refractivity contribution in [2.24, 2.45) is 11.3 Å². The third-order valence-electron chi connectivity index (χ3n) is 6.14. The van der Waals surface area contributed by atoms with E-state index in [1.807, 2.05) is 34.7 Å². The van der Waals surface area contributed by atoms with Crippen LogP contribution in [0.1, 0.15) is 44.6 Å². The lowest BCUT2D eigenvalue weighted by atomic mass is 9.82. The second kappa shape index (κ2) is 8.35. The number of carbonyl (C=O) groups excluding carboxylic acids is 1. The Kier molecular flexibility index (Phi) is 6.08. The van der Waals surface area contributed by atoms with Gasteiger partial charge < -0.3 is 15.3 Å². The first-order valence-electron chi connectivity index (χ1n) is 10.2. The largest absolute Gasteiger partial charge is 0.396 e. The third kappa shape index (κ3) is 3.78. The highest BCUT2D eigenvalue weighted by Crippen LogP contribution is 2.34. The van der Waals surface area contributed by atoms with Crippen molar-refractivity contribution in [1.29, 1.82) is 0 Å². The van der Waals surface area contributed by atoms with Crippen molar-refractivity contribution in [3.8, 4) is 5.69 Å². The summed E-state index contributed by atoms with van der Waals surface area (Å²) in [5, 5.41) is 17.6. The number of rotatable bonds is 6. The molecule has 0 radical (unpaired) electrons. The first-order chi connectivity index (χ1) is 13.4. The summed E-state index contributed by atoms with van der Waals surface area (Å²) in [6.45, 7) is 10.2. The van der Waals surface area contributed by atoms with E-state index in [1.54, 1.807) is 0 Å². The maximum Gasteiger partial charge on any atom is 0.317 e. The van der Waals surface area contributed by atoms with E-state index in [9.17, 15) is 9.90 Å². The summed E-state index contributed by atoms with van der Waals surface area (Å²) in [6, 6.07) is 10.1. The highest BCUT2D eigenvalue weighted by molar-refractivity contribution is 5.74. The molecule has 0 saturated carbocycles. The maximum atomic E-state index is 12.7. The molecule has 1 aromatic heterocycles. The van der Waals surface area contributed by atoms with Crippen molar-refractivity contribution in [3.05, 3.63) is 47.3 Å². The highest BCUT2D eigenvalue weighted by Gasteiger charge is 2.41. The normalized spacial score (nSPS) is 21.9. The molecule has 0 aliphatic carbocycles. The fourth-order valence-electron chi connectivity index (χ4n) is 4.01. The van der Waals surface area contributed by atoms with Gasteiger partial charge in [-0.3, -0.25) is 0 Å². The van der Waals surface area contributed by atoms with Crippen LogP contribution >= 0.6 is 0 Å². The Hall–Kier alpha value is -2.34. The van der Waals surface area contributed by atoms with Gasteiger partial charge in [-0.1, -0.05) is 45.9 Å². The van der Waals surface area contributed by atoms with Gasteiger partial charge in [0.15, 0.2) is 0 Å². The van der Waals surface area contributed by atoms with E-state index in [-0.39, 0.29) is 24.0 Å². The molecular formula is C22H32N4O2. The number of amides is 2. The van der Waals surface area contributed by atoms with E-state index in [4.69, 9.17) is 5.10 Å². The minimum atomic E-state index is -0.224. The first-order valence-corrected chi connectivity index (χ1v) is 10.2. The van der Waals surface area contributed by atoms with Crippen LogP contribution in [0.25, 0.3) is 5.69 Å². The summed E-state index contributed by atoms with van der Waals surface area (Å²) < 4.78 is 2.00. The molecule has 2 heterocycles. The molecule has 152 valence electrons. The molecule has 2 aromatic rings. The minimum absolute atomic E-state index is 0.0689. The number of hydrogen-bond acceptors (Lipinski definition) is 3. The third-order valence-corrected chi connectivity index (χ3v) is 6.14. The fourth-order valence-corrected chi connectivity index (χ4v) is 4.01. The van der Waals surface area contributed by atoms with Crippen molar-refractivity contribution >= 4 is 6.03 Å². The number of aryl methyl sites for hydroxylation is 1. The van der Waals surface area contributed by atoms with Gasteiger partial charge >= 0.3 is 6.03 Å². The lowest BCUT2D eigenvalue weighted by Crippen LogP contribution is -2.39. The monoisotopic (exact) mass is 384 g/mol. The second-order valence-corrected chi connectivity index (χ2v) is 8.08. The maximum absolute atomic E-state index is 12.7. The molecular weight excluding hydrogens is 352 g/mol. The number of benzene rings is 1. The van der Waals surface area contributed by atoms with Crippen LogP contribution in [0.3, 0.4) is 0 Å². The molecule has 1 aromatic carbocycles. The van der Waals surface area contributed by atoms with Gasteiger partial charge in [0.05, 0.1) is 18.0 Å². The van der Waals surface area contributed by atoms with Gasteiger partial charge in [0.25, 0.3) is 0 Å². The SMILES string of the molecule is CCc1nn(-c2ccccc2)c(CC)c1CNC(=O)N1CC(C)C(C)(CO)C1. The van der Waals surface area contributed by atoms with Crippen LogP contribution in [0.15, 0.2) is 30.3 Å². The molecule has 6 heteroatoms. The number of urea groups is 1. The predicted molar refractivity (Wildman–Crippen MR) is 110 cm³/mol. The first kappa shape index (κ1) is 20.4. The molecule has 2 amide bonds. The summed E-state index contributed by atoms with van der Waals surface area (Å²) in [5.41, 5.74) is 4.09. The molecule has 28 heavy (non-hydrogen) atoms. The van der Waals surface area contributed by atoms with E-state index in [1.165, 1.54) is 0 Å². The zero-order valence-electron chi connectivity index (χ0n) is 17.4. The number of aliphatic hydroxyl groups excluding tert-OH is 1. The van der Waals surface area contributed by atoms with Crippen LogP contribution in [0.5, 0.6) is 0 Å². The Bertz CT molecular complexity index is 817. The van der Waals surface area contributed by atoms with E-state index < -0.39 is 0 Å². The second-order valence-electron chi connectivity index (χ2n) is 8.08. The molecule has 2 unspecified atom stereocenters. The minimum Gasteiger partial charge on any atom is -0.396 e. The van der Waals surface area contributed by atoms with Crippen LogP contribution in [0, 0.1) is 11.3 Å². The number of likely N-dealkylation sites (tertiary alicyclic amines) is 1. The van der Waals surface area contributed by atoms with Crippen molar-refractivity contribution < 1.29 is 9.90 Å². The molecule has 1 fully saturated rings. The van der Waals surface area contributed by atoms with Gasteiger partial charge in [0.1, 0.15) is 0 Å². The number of aliphatic hydroxyl groups is 1. The number of carbonyl (C=O) groups is 1. The predicted octanol–water partition coefficient (Wildman–Crippen LogP) is 3.16. The molecule has 6 nitrogen and oxygen atoms in total. The Balaban J connectivity index is 1.77. The average molecular weight is 385 g/mol. The molecule has 1 aliphatic heterocycles. The number of hydrogen-bond donors (Lipinski definition) is 2. The Morgan fingerprint density at radius 2 is 2.00 bits per heavy atom. The van der Waals surface area contributed by atoms with Crippen molar-refractivity contribution in [2.45, 2.75) is 47.1 Å². The number of nitrogens with one attached hydrogen (secondary N) is 1. The zero-order valence-corrected chi connectivity index (χ0v) is 17.4. The quantitative estimate of drug-likeness (QED) is 0.804. The number of nitrogens with zero attached hydrogens (tertiary/aromatic N) is 3. The van der Waals surface area contributed by atoms with Gasteiger partial charge in [-0.25, -0.2) is 9.48 Å². The van der Waals surface area contributed by atoms with Gasteiger partial charge in [0, 0.05) is 36.3 Å². The topological polar surface area (TPSA) is 70.4 Å². The van der Waals surface area contributed by atoms with Gasteiger partial charge in [0.2, 0.25) is 0 Å². The molecule has 0 spiro atoms. The smallest absolute Gasteiger partial charge is 0.317 e. The Morgan fingerprint density at radius 1 is 1.29 bits per heavy atom. The van der Waals surface area contributed by atoms with Gasteiger partial charge in [-0.2, -0.15) is 5.10 Å². The summed E-state index contributed by atoms with van der Waals surface area (Å²) in [6.07, 6.45) is 1.66. The highest BCUT2D eigenvalue weighted by atomic mass is 16.3. The van der Waals surface area contributed by atoms with E-state index in [2.05, 4.69) is 38.2 Å². The number of para-hydroxylation sites is 1. The van der Waals surface area contributed by atoms with E-state index in [0.29, 0.717) is 19.6 Å². The van der Waals surface area contributed by atoms with Crippen molar-refractivity contribution in [1.82, 2.24) is 20.0 Å². The van der Waals surface area contributed by atoms with E-state index >= 15 is 0 Å². The zero-order chi connectivity index (χ0) is 20.3. The molecule has 2 atom stereocenters. The molecule has 2 N–H and O–H groups in total. The average Bonchev–Trinajstić information content (AvgIpc) is 3.24. The standard InChI is InChI=1S/C22H32N4O2/c1-5-19-18(20(6-2)26(24-19)17-10-8-7-9-11-17)12-23-21(28)25-13-16(3)22(4,14-25)15-27/h7-11,16,27H,5-6,12-15H2,1-4H3,(H,23,28). The Labute approximate surface area is 167 Å². The van der Waals surface area contributed by atoms with Crippen LogP contribution in [0.2, 0.25) is 0 Å². The summed E-state index contributed by atoms with van der Waals surface area (Å²) in [4.78, 5) is 14.6. The van der Waals surface area contributed by atoms with Gasteiger partial charge in [-0.05, 0) is 30.9 Å². The van der Waals surface area contributed by atoms with Crippen LogP contribution < -0.4 is 5.32 Å². The van der Waals surface area contributed by atoms with Crippen molar-refractivity contribution in [2.75, 3.05) is 19.7 Å². The molecule has 3 rings (SSSR count). The lowest BCUT2D eigenvalue weighted by molar-refractivity contribution is 0.119. The Morgan fingerprint density at radius 3 is 2.57 bits per heavy atom. The van der Waals surface area contributed by atoms with Crippen LogP contribution in [0.4, 0.5) is 4.79 Å². The molecule has 0 bridgehead atoms.